The van der Waals surface area contributed by atoms with E-state index < -0.39 is 0 Å². The molecule has 2 aromatic carbocycles. The Morgan fingerprint density at radius 1 is 0.923 bits per heavy atom. The molecular formula is C21H27N3O2. The molecule has 26 heavy (non-hydrogen) atoms. The standard InChI is InChI=1S/C21H27N3O2/c1-4-24(5-2)15-21(26)23-19-12-11-18(13-16(19)3)22-20(25)14-17-9-7-6-8-10-17/h6-13H,4-5,14-15H2,1-3H3,(H,22,25)(H,23,26). The second-order valence-electron chi connectivity index (χ2n) is 6.25. The molecule has 0 aliphatic heterocycles. The minimum Gasteiger partial charge on any atom is -0.326 e. The van der Waals surface area contributed by atoms with Crippen molar-refractivity contribution in [2.45, 2.75) is 27.2 Å². The van der Waals surface area contributed by atoms with Crippen molar-refractivity contribution >= 4 is 23.2 Å². The lowest BCUT2D eigenvalue weighted by Crippen LogP contribution is -2.33. The monoisotopic (exact) mass is 353 g/mol. The minimum atomic E-state index is -0.0612. The highest BCUT2D eigenvalue weighted by molar-refractivity contribution is 5.95. The molecule has 0 heterocycles. The second-order valence-corrected chi connectivity index (χ2v) is 6.25. The van der Waals surface area contributed by atoms with E-state index in [1.165, 1.54) is 0 Å². The van der Waals surface area contributed by atoms with Crippen molar-refractivity contribution in [1.82, 2.24) is 4.90 Å². The van der Waals surface area contributed by atoms with Crippen molar-refractivity contribution in [3.8, 4) is 0 Å². The minimum absolute atomic E-state index is 0.0299. The van der Waals surface area contributed by atoms with Gasteiger partial charge in [-0.05, 0) is 49.3 Å². The van der Waals surface area contributed by atoms with E-state index in [9.17, 15) is 9.59 Å². The summed E-state index contributed by atoms with van der Waals surface area (Å²) in [6.45, 7) is 8.05. The van der Waals surface area contributed by atoms with Crippen molar-refractivity contribution < 1.29 is 9.59 Å². The number of hydrogen-bond acceptors (Lipinski definition) is 3. The maximum Gasteiger partial charge on any atom is 0.238 e. The summed E-state index contributed by atoms with van der Waals surface area (Å²) < 4.78 is 0. The summed E-state index contributed by atoms with van der Waals surface area (Å²) in [7, 11) is 0. The van der Waals surface area contributed by atoms with Crippen LogP contribution in [-0.4, -0.2) is 36.3 Å². The summed E-state index contributed by atoms with van der Waals surface area (Å²) >= 11 is 0. The van der Waals surface area contributed by atoms with Crippen LogP contribution in [0.5, 0.6) is 0 Å². The van der Waals surface area contributed by atoms with Gasteiger partial charge >= 0.3 is 0 Å². The maximum absolute atomic E-state index is 12.2. The lowest BCUT2D eigenvalue weighted by atomic mass is 10.1. The Morgan fingerprint density at radius 3 is 2.23 bits per heavy atom. The molecule has 2 N–H and O–H groups in total. The average Bonchev–Trinajstić information content (AvgIpc) is 2.62. The zero-order valence-electron chi connectivity index (χ0n) is 15.7. The molecule has 138 valence electrons. The third-order valence-corrected chi connectivity index (χ3v) is 4.25. The van der Waals surface area contributed by atoms with Crippen molar-refractivity contribution in [3.63, 3.8) is 0 Å². The van der Waals surface area contributed by atoms with Crippen LogP contribution in [0, 0.1) is 6.92 Å². The topological polar surface area (TPSA) is 61.4 Å². The van der Waals surface area contributed by atoms with Crippen LogP contribution in [0.15, 0.2) is 48.5 Å². The largest absolute Gasteiger partial charge is 0.326 e. The molecule has 0 spiro atoms. The number of carbonyl (C=O) groups excluding carboxylic acids is 2. The number of aryl methyl sites for hydroxylation is 1. The first-order valence-electron chi connectivity index (χ1n) is 8.98. The van der Waals surface area contributed by atoms with Gasteiger partial charge in [-0.3, -0.25) is 14.5 Å². The Hall–Kier alpha value is -2.66. The summed E-state index contributed by atoms with van der Waals surface area (Å²) in [6.07, 6.45) is 0.336. The van der Waals surface area contributed by atoms with Crippen LogP contribution in [0.2, 0.25) is 0 Å². The number of hydrogen-bond donors (Lipinski definition) is 2. The van der Waals surface area contributed by atoms with Gasteiger partial charge in [0, 0.05) is 11.4 Å². The van der Waals surface area contributed by atoms with Gasteiger partial charge in [-0.2, -0.15) is 0 Å². The van der Waals surface area contributed by atoms with Gasteiger partial charge in [-0.15, -0.1) is 0 Å². The van der Waals surface area contributed by atoms with Crippen LogP contribution < -0.4 is 10.6 Å². The van der Waals surface area contributed by atoms with Crippen LogP contribution in [0.1, 0.15) is 25.0 Å². The van der Waals surface area contributed by atoms with Crippen molar-refractivity contribution in [3.05, 3.63) is 59.7 Å². The molecule has 5 nitrogen and oxygen atoms in total. The summed E-state index contributed by atoms with van der Waals surface area (Å²) in [4.78, 5) is 26.4. The number of likely N-dealkylation sites (N-methyl/N-ethyl adjacent to an activating group) is 1. The molecule has 2 amide bonds. The molecule has 2 rings (SSSR count). The number of carbonyl (C=O) groups is 2. The molecule has 0 aliphatic rings. The highest BCUT2D eigenvalue weighted by atomic mass is 16.2. The fourth-order valence-corrected chi connectivity index (χ4v) is 2.71. The molecule has 2 aromatic rings. The zero-order chi connectivity index (χ0) is 18.9. The Kier molecular flexibility index (Phi) is 7.36. The first kappa shape index (κ1) is 19.7. The second kappa shape index (κ2) is 9.73. The van der Waals surface area contributed by atoms with E-state index in [1.807, 2.05) is 69.3 Å². The summed E-state index contributed by atoms with van der Waals surface area (Å²) in [6, 6.07) is 15.1. The van der Waals surface area contributed by atoms with E-state index in [2.05, 4.69) is 15.5 Å². The van der Waals surface area contributed by atoms with Gasteiger partial charge in [-0.25, -0.2) is 0 Å². The van der Waals surface area contributed by atoms with Crippen LogP contribution in [0.25, 0.3) is 0 Å². The number of benzene rings is 2. The van der Waals surface area contributed by atoms with Gasteiger partial charge in [-0.1, -0.05) is 44.2 Å². The molecule has 0 bridgehead atoms. The molecule has 0 radical (unpaired) electrons. The first-order valence-corrected chi connectivity index (χ1v) is 8.98. The molecule has 0 saturated heterocycles. The van der Waals surface area contributed by atoms with E-state index in [1.54, 1.807) is 0 Å². The van der Waals surface area contributed by atoms with Gasteiger partial charge in [0.1, 0.15) is 0 Å². The number of anilines is 2. The van der Waals surface area contributed by atoms with Gasteiger partial charge in [0.05, 0.1) is 13.0 Å². The van der Waals surface area contributed by atoms with E-state index in [0.29, 0.717) is 13.0 Å². The SMILES string of the molecule is CCN(CC)CC(=O)Nc1ccc(NC(=O)Cc2ccccc2)cc1C. The number of nitrogens with zero attached hydrogens (tertiary/aromatic N) is 1. The summed E-state index contributed by atoms with van der Waals surface area (Å²) in [5, 5.41) is 5.84. The predicted molar refractivity (Wildman–Crippen MR) is 106 cm³/mol. The van der Waals surface area contributed by atoms with Gasteiger partial charge < -0.3 is 10.6 Å². The van der Waals surface area contributed by atoms with Gasteiger partial charge in [0.2, 0.25) is 11.8 Å². The van der Waals surface area contributed by atoms with E-state index in [-0.39, 0.29) is 11.8 Å². The maximum atomic E-state index is 12.2. The van der Waals surface area contributed by atoms with Crippen LogP contribution in [0.3, 0.4) is 0 Å². The molecule has 0 aliphatic carbocycles. The average molecular weight is 353 g/mol. The normalized spacial score (nSPS) is 10.6. The number of amides is 2. The molecule has 5 heteroatoms. The third kappa shape index (κ3) is 6.01. The summed E-state index contributed by atoms with van der Waals surface area (Å²) in [5.41, 5.74) is 3.38. The molecule has 0 saturated carbocycles. The first-order chi connectivity index (χ1) is 12.5. The number of rotatable bonds is 8. The Balaban J connectivity index is 1.94. The van der Waals surface area contributed by atoms with E-state index >= 15 is 0 Å². The number of nitrogens with one attached hydrogen (secondary N) is 2. The van der Waals surface area contributed by atoms with Crippen LogP contribution in [0.4, 0.5) is 11.4 Å². The molecule has 0 atom stereocenters. The Bertz CT molecular complexity index is 740. The highest BCUT2D eigenvalue weighted by Gasteiger charge is 2.10. The smallest absolute Gasteiger partial charge is 0.238 e. The lowest BCUT2D eigenvalue weighted by molar-refractivity contribution is -0.117. The molecule has 0 aromatic heterocycles. The van der Waals surface area contributed by atoms with Crippen LogP contribution >= 0.6 is 0 Å². The van der Waals surface area contributed by atoms with Gasteiger partial charge in [0.25, 0.3) is 0 Å². The lowest BCUT2D eigenvalue weighted by Gasteiger charge is -2.18. The van der Waals surface area contributed by atoms with Gasteiger partial charge in [0.15, 0.2) is 0 Å². The van der Waals surface area contributed by atoms with Crippen molar-refractivity contribution in [1.29, 1.82) is 0 Å². The van der Waals surface area contributed by atoms with Crippen LogP contribution in [-0.2, 0) is 16.0 Å². The third-order valence-electron chi connectivity index (χ3n) is 4.25. The fraction of sp³-hybridized carbons (Fsp3) is 0.333. The van der Waals surface area contributed by atoms with E-state index in [4.69, 9.17) is 0 Å². The molecular weight excluding hydrogens is 326 g/mol. The zero-order valence-corrected chi connectivity index (χ0v) is 15.7. The molecule has 0 unspecified atom stereocenters. The van der Waals surface area contributed by atoms with E-state index in [0.717, 1.165) is 35.6 Å². The van der Waals surface area contributed by atoms with Crippen molar-refractivity contribution in [2.24, 2.45) is 0 Å². The fourth-order valence-electron chi connectivity index (χ4n) is 2.71. The predicted octanol–water partition coefficient (Wildman–Crippen LogP) is 3.46. The highest BCUT2D eigenvalue weighted by Crippen LogP contribution is 2.20. The summed E-state index contributed by atoms with van der Waals surface area (Å²) in [5.74, 6) is -0.0911. The quantitative estimate of drug-likeness (QED) is 0.764. The molecule has 0 fully saturated rings. The van der Waals surface area contributed by atoms with Crippen molar-refractivity contribution in [2.75, 3.05) is 30.3 Å². The Labute approximate surface area is 155 Å². The Morgan fingerprint density at radius 2 is 1.62 bits per heavy atom.